The van der Waals surface area contributed by atoms with E-state index in [1.807, 2.05) is 27.7 Å². The fraction of sp³-hybridized carbons (Fsp3) is 0.933. The van der Waals surface area contributed by atoms with Crippen molar-refractivity contribution in [2.75, 3.05) is 19.6 Å². The largest absolute Gasteiger partial charge is 0.444 e. The Morgan fingerprint density at radius 3 is 2.25 bits per heavy atom. The maximum atomic E-state index is 11.7. The summed E-state index contributed by atoms with van der Waals surface area (Å²) in [5, 5.41) is 6.28. The second kappa shape index (κ2) is 9.19. The Balaban J connectivity index is 4.07. The number of alkyl carbamates (subject to hydrolysis) is 1. The van der Waals surface area contributed by atoms with Crippen molar-refractivity contribution in [1.82, 2.24) is 10.6 Å². The highest BCUT2D eigenvalue weighted by molar-refractivity contribution is 5.68. The summed E-state index contributed by atoms with van der Waals surface area (Å²) < 4.78 is 5.26. The average Bonchev–Trinajstić information content (AvgIpc) is 2.30. The Morgan fingerprint density at radius 2 is 1.85 bits per heavy atom. The van der Waals surface area contributed by atoms with Gasteiger partial charge in [-0.15, -0.1) is 0 Å². The summed E-state index contributed by atoms with van der Waals surface area (Å²) in [6, 6.07) is 0.0791. The molecule has 0 aromatic carbocycles. The molecular weight excluding hydrogens is 254 g/mol. The third-order valence-electron chi connectivity index (χ3n) is 3.26. The molecule has 0 heterocycles. The standard InChI is InChI=1S/C15H33N3O2/c1-7-13(18-14(19)20-15(4,5)6)10-17-9-12(8-16)11(2)3/h11-13,17H,7-10,16H2,1-6H3,(H,18,19). The van der Waals surface area contributed by atoms with Crippen LogP contribution in [0.15, 0.2) is 0 Å². The van der Waals surface area contributed by atoms with Crippen molar-refractivity contribution in [3.05, 3.63) is 0 Å². The quantitative estimate of drug-likeness (QED) is 0.639. The molecule has 20 heavy (non-hydrogen) atoms. The van der Waals surface area contributed by atoms with E-state index in [0.29, 0.717) is 18.4 Å². The maximum absolute atomic E-state index is 11.7. The molecule has 0 fully saturated rings. The van der Waals surface area contributed by atoms with Crippen molar-refractivity contribution in [2.45, 2.75) is 59.6 Å². The van der Waals surface area contributed by atoms with E-state index in [-0.39, 0.29) is 12.1 Å². The Kier molecular flexibility index (Phi) is 8.81. The number of amides is 1. The van der Waals surface area contributed by atoms with Gasteiger partial charge in [0.1, 0.15) is 5.60 Å². The second-order valence-corrected chi connectivity index (χ2v) is 6.65. The van der Waals surface area contributed by atoms with Gasteiger partial charge in [0, 0.05) is 12.6 Å². The smallest absolute Gasteiger partial charge is 0.407 e. The van der Waals surface area contributed by atoms with Gasteiger partial charge in [-0.1, -0.05) is 20.8 Å². The van der Waals surface area contributed by atoms with Crippen molar-refractivity contribution >= 4 is 6.09 Å². The van der Waals surface area contributed by atoms with E-state index in [0.717, 1.165) is 19.5 Å². The number of ether oxygens (including phenoxy) is 1. The summed E-state index contributed by atoms with van der Waals surface area (Å²) in [5.74, 6) is 1.03. The lowest BCUT2D eigenvalue weighted by Crippen LogP contribution is -2.45. The first kappa shape index (κ1) is 19.2. The monoisotopic (exact) mass is 287 g/mol. The van der Waals surface area contributed by atoms with Crippen LogP contribution in [0.4, 0.5) is 4.79 Å². The van der Waals surface area contributed by atoms with Gasteiger partial charge in [-0.25, -0.2) is 4.79 Å². The molecule has 0 bridgehead atoms. The first-order valence-corrected chi connectivity index (χ1v) is 7.59. The van der Waals surface area contributed by atoms with Gasteiger partial charge in [-0.2, -0.15) is 0 Å². The van der Waals surface area contributed by atoms with Crippen molar-refractivity contribution in [2.24, 2.45) is 17.6 Å². The number of nitrogens with two attached hydrogens (primary N) is 1. The van der Waals surface area contributed by atoms with Gasteiger partial charge in [0.05, 0.1) is 0 Å². The highest BCUT2D eigenvalue weighted by Crippen LogP contribution is 2.08. The summed E-state index contributed by atoms with van der Waals surface area (Å²) in [5.41, 5.74) is 5.28. The zero-order valence-corrected chi connectivity index (χ0v) is 14.0. The Labute approximate surface area is 124 Å². The number of hydrogen-bond acceptors (Lipinski definition) is 4. The molecule has 0 aromatic heterocycles. The van der Waals surface area contributed by atoms with Gasteiger partial charge in [0.25, 0.3) is 0 Å². The van der Waals surface area contributed by atoms with E-state index in [1.165, 1.54) is 0 Å². The van der Waals surface area contributed by atoms with E-state index in [9.17, 15) is 4.79 Å². The van der Waals surface area contributed by atoms with E-state index >= 15 is 0 Å². The average molecular weight is 287 g/mol. The second-order valence-electron chi connectivity index (χ2n) is 6.65. The lowest BCUT2D eigenvalue weighted by molar-refractivity contribution is 0.0502. The predicted molar refractivity (Wildman–Crippen MR) is 83.7 cm³/mol. The van der Waals surface area contributed by atoms with Gasteiger partial charge >= 0.3 is 6.09 Å². The molecule has 0 aliphatic rings. The summed E-state index contributed by atoms with van der Waals surface area (Å²) in [6.07, 6.45) is 0.506. The number of carbonyl (C=O) groups excluding carboxylic acids is 1. The van der Waals surface area contributed by atoms with Crippen LogP contribution in [-0.4, -0.2) is 37.4 Å². The predicted octanol–water partition coefficient (Wildman–Crippen LogP) is 2.11. The molecule has 1 amide bonds. The molecule has 0 aliphatic carbocycles. The fourth-order valence-corrected chi connectivity index (χ4v) is 1.81. The third-order valence-corrected chi connectivity index (χ3v) is 3.26. The van der Waals surface area contributed by atoms with E-state index < -0.39 is 5.60 Å². The molecule has 0 rings (SSSR count). The van der Waals surface area contributed by atoms with Crippen molar-refractivity contribution in [3.63, 3.8) is 0 Å². The summed E-state index contributed by atoms with van der Waals surface area (Å²) in [7, 11) is 0. The molecule has 4 N–H and O–H groups in total. The van der Waals surface area contributed by atoms with Crippen LogP contribution < -0.4 is 16.4 Å². The van der Waals surface area contributed by atoms with Crippen LogP contribution in [0.1, 0.15) is 48.0 Å². The minimum absolute atomic E-state index is 0.0791. The van der Waals surface area contributed by atoms with Gasteiger partial charge in [0.15, 0.2) is 0 Å². The molecule has 0 aliphatic heterocycles. The van der Waals surface area contributed by atoms with Crippen molar-refractivity contribution in [1.29, 1.82) is 0 Å². The molecule has 2 atom stereocenters. The van der Waals surface area contributed by atoms with Crippen LogP contribution in [-0.2, 0) is 4.74 Å². The SMILES string of the molecule is CCC(CNCC(CN)C(C)C)NC(=O)OC(C)(C)C. The number of nitrogens with one attached hydrogen (secondary N) is 2. The van der Waals surface area contributed by atoms with Crippen LogP contribution in [0.2, 0.25) is 0 Å². The minimum atomic E-state index is -0.460. The lowest BCUT2D eigenvalue weighted by atomic mass is 9.96. The number of hydrogen-bond donors (Lipinski definition) is 3. The Morgan fingerprint density at radius 1 is 1.25 bits per heavy atom. The first-order chi connectivity index (χ1) is 9.19. The molecule has 120 valence electrons. The molecule has 0 saturated heterocycles. The summed E-state index contributed by atoms with van der Waals surface area (Å²) in [4.78, 5) is 11.7. The van der Waals surface area contributed by atoms with Crippen LogP contribution in [0.3, 0.4) is 0 Å². The lowest BCUT2D eigenvalue weighted by Gasteiger charge is -2.24. The van der Waals surface area contributed by atoms with Gasteiger partial charge in [-0.05, 0) is 52.1 Å². The zero-order valence-electron chi connectivity index (χ0n) is 14.0. The first-order valence-electron chi connectivity index (χ1n) is 7.59. The van der Waals surface area contributed by atoms with E-state index in [4.69, 9.17) is 10.5 Å². The van der Waals surface area contributed by atoms with Crippen LogP contribution in [0, 0.1) is 11.8 Å². The molecular formula is C15H33N3O2. The topological polar surface area (TPSA) is 76.4 Å². The van der Waals surface area contributed by atoms with Crippen molar-refractivity contribution in [3.8, 4) is 0 Å². The molecule has 5 nitrogen and oxygen atoms in total. The minimum Gasteiger partial charge on any atom is -0.444 e. The van der Waals surface area contributed by atoms with Crippen LogP contribution >= 0.6 is 0 Å². The normalized spacial score (nSPS) is 15.0. The van der Waals surface area contributed by atoms with Crippen molar-refractivity contribution < 1.29 is 9.53 Å². The molecule has 2 unspecified atom stereocenters. The highest BCUT2D eigenvalue weighted by atomic mass is 16.6. The Bertz CT molecular complexity index is 275. The summed E-state index contributed by atoms with van der Waals surface area (Å²) >= 11 is 0. The van der Waals surface area contributed by atoms with Gasteiger partial charge in [-0.3, -0.25) is 0 Å². The van der Waals surface area contributed by atoms with E-state index in [2.05, 4.69) is 24.5 Å². The van der Waals surface area contributed by atoms with Gasteiger partial charge in [0.2, 0.25) is 0 Å². The number of rotatable bonds is 8. The molecule has 0 radical (unpaired) electrons. The maximum Gasteiger partial charge on any atom is 0.407 e. The van der Waals surface area contributed by atoms with E-state index in [1.54, 1.807) is 0 Å². The number of carbonyl (C=O) groups is 1. The zero-order chi connectivity index (χ0) is 15.8. The van der Waals surface area contributed by atoms with Crippen LogP contribution in [0.25, 0.3) is 0 Å². The molecule has 0 spiro atoms. The third kappa shape index (κ3) is 9.15. The molecule has 5 heteroatoms. The fourth-order valence-electron chi connectivity index (χ4n) is 1.81. The Hall–Kier alpha value is -0.810. The summed E-state index contributed by atoms with van der Waals surface area (Å²) in [6.45, 7) is 14.3. The molecule has 0 aromatic rings. The molecule has 0 saturated carbocycles. The van der Waals surface area contributed by atoms with Crippen LogP contribution in [0.5, 0.6) is 0 Å². The highest BCUT2D eigenvalue weighted by Gasteiger charge is 2.19. The van der Waals surface area contributed by atoms with Gasteiger partial charge < -0.3 is 21.1 Å².